The fraction of sp³-hybridized carbons (Fsp3) is 0.556. The second-order valence-corrected chi connectivity index (χ2v) is 4.82. The monoisotopic (exact) mass is 245 g/mol. The number of ketones is 1. The number of aryl methyl sites for hydroxylation is 1. The molecule has 0 bridgehead atoms. The van der Waals surface area contributed by atoms with Crippen LogP contribution in [0.3, 0.4) is 0 Å². The fourth-order valence-electron chi connectivity index (χ4n) is 1.27. The summed E-state index contributed by atoms with van der Waals surface area (Å²) >= 11 is 4.08. The summed E-state index contributed by atoms with van der Waals surface area (Å²) in [5.74, 6) is 2.07. The van der Waals surface area contributed by atoms with Crippen LogP contribution in [0, 0.1) is 0 Å². The maximum Gasteiger partial charge on any atom is 0.195 e. The molecule has 1 heterocycles. The molecule has 0 aliphatic carbocycles. The topological polar surface area (TPSA) is 46.9 Å². The second-order valence-electron chi connectivity index (χ2n) is 3.46. The van der Waals surface area contributed by atoms with Crippen LogP contribution in [0.5, 0.6) is 0 Å². The van der Waals surface area contributed by atoms with Crippen LogP contribution in [0.2, 0.25) is 0 Å². The van der Waals surface area contributed by atoms with Crippen LogP contribution in [0.4, 0.5) is 5.82 Å². The van der Waals surface area contributed by atoms with Crippen molar-refractivity contribution in [2.45, 2.75) is 19.9 Å². The molecule has 0 aromatic carbocycles. The predicted octanol–water partition coefficient (Wildman–Crippen LogP) is 2.00. The first-order chi connectivity index (χ1) is 7.04. The van der Waals surface area contributed by atoms with Crippen molar-refractivity contribution in [3.05, 3.63) is 12.0 Å². The molecular weight excluding hydrogens is 230 g/mol. The van der Waals surface area contributed by atoms with E-state index in [0.29, 0.717) is 5.82 Å². The van der Waals surface area contributed by atoms with Crippen molar-refractivity contribution in [3.8, 4) is 0 Å². The van der Waals surface area contributed by atoms with Gasteiger partial charge in [0.25, 0.3) is 0 Å². The van der Waals surface area contributed by atoms with Gasteiger partial charge in [-0.25, -0.2) is 4.98 Å². The molecule has 0 aliphatic rings. The summed E-state index contributed by atoms with van der Waals surface area (Å²) in [5, 5.41) is 3.20. The molecule has 15 heavy (non-hydrogen) atoms. The van der Waals surface area contributed by atoms with E-state index in [1.807, 2.05) is 20.2 Å². The minimum atomic E-state index is -0.0261. The van der Waals surface area contributed by atoms with Gasteiger partial charge in [-0.3, -0.25) is 4.79 Å². The van der Waals surface area contributed by atoms with E-state index in [1.54, 1.807) is 4.57 Å². The van der Waals surface area contributed by atoms with E-state index in [0.717, 1.165) is 11.6 Å². The van der Waals surface area contributed by atoms with Crippen LogP contribution < -0.4 is 5.32 Å². The SMILES string of the molecule is CC(=O)c1nc(NC(C)CSS)cn1C. The van der Waals surface area contributed by atoms with E-state index in [-0.39, 0.29) is 11.8 Å². The van der Waals surface area contributed by atoms with Gasteiger partial charge in [0.1, 0.15) is 5.82 Å². The molecule has 0 saturated carbocycles. The molecule has 6 heteroatoms. The third kappa shape index (κ3) is 3.46. The number of thiol groups is 1. The maximum atomic E-state index is 11.2. The Kier molecular flexibility index (Phi) is 4.53. The summed E-state index contributed by atoms with van der Waals surface area (Å²) < 4.78 is 1.73. The van der Waals surface area contributed by atoms with Crippen molar-refractivity contribution >= 4 is 34.1 Å². The van der Waals surface area contributed by atoms with Gasteiger partial charge in [0.15, 0.2) is 11.6 Å². The largest absolute Gasteiger partial charge is 0.365 e. The molecular formula is C9H15N3OS2. The first kappa shape index (κ1) is 12.4. The highest BCUT2D eigenvalue weighted by Crippen LogP contribution is 2.12. The van der Waals surface area contributed by atoms with E-state index in [4.69, 9.17) is 0 Å². The van der Waals surface area contributed by atoms with Crippen molar-refractivity contribution in [2.24, 2.45) is 7.05 Å². The molecule has 0 spiro atoms. The van der Waals surface area contributed by atoms with Gasteiger partial charge in [0.2, 0.25) is 0 Å². The van der Waals surface area contributed by atoms with Gasteiger partial charge >= 0.3 is 0 Å². The highest BCUT2D eigenvalue weighted by atomic mass is 33.1. The number of carbonyl (C=O) groups excluding carboxylic acids is 1. The van der Waals surface area contributed by atoms with Crippen LogP contribution in [-0.4, -0.2) is 27.1 Å². The molecule has 1 unspecified atom stereocenters. The minimum Gasteiger partial charge on any atom is -0.365 e. The number of carbonyl (C=O) groups is 1. The zero-order valence-electron chi connectivity index (χ0n) is 9.02. The van der Waals surface area contributed by atoms with Gasteiger partial charge in [-0.15, -0.1) is 11.7 Å². The number of Topliss-reactive ketones (excluding diaryl/α,β-unsaturated/α-hetero) is 1. The molecule has 1 atom stereocenters. The third-order valence-electron chi connectivity index (χ3n) is 1.91. The standard InChI is InChI=1S/C9H15N3OS2/c1-6(5-15-14)10-8-4-12(3)9(11-8)7(2)13/h4,6,10,14H,5H2,1-3H3. The average molecular weight is 245 g/mol. The number of imidazole rings is 1. The number of aromatic nitrogens is 2. The van der Waals surface area contributed by atoms with Gasteiger partial charge < -0.3 is 9.88 Å². The number of nitrogens with zero attached hydrogens (tertiary/aromatic N) is 2. The summed E-state index contributed by atoms with van der Waals surface area (Å²) in [6, 6.07) is 0.280. The Bertz CT molecular complexity index is 351. The zero-order chi connectivity index (χ0) is 11.4. The van der Waals surface area contributed by atoms with E-state index >= 15 is 0 Å². The lowest BCUT2D eigenvalue weighted by Crippen LogP contribution is -2.17. The normalized spacial score (nSPS) is 12.5. The summed E-state index contributed by atoms with van der Waals surface area (Å²) in [5.41, 5.74) is 0. The lowest BCUT2D eigenvalue weighted by atomic mass is 10.4. The Morgan fingerprint density at radius 3 is 2.93 bits per heavy atom. The molecule has 1 aromatic heterocycles. The molecule has 1 rings (SSSR count). The molecule has 4 nitrogen and oxygen atoms in total. The van der Waals surface area contributed by atoms with Crippen LogP contribution >= 0.6 is 22.5 Å². The van der Waals surface area contributed by atoms with Crippen LogP contribution in [-0.2, 0) is 7.05 Å². The summed E-state index contributed by atoms with van der Waals surface area (Å²) in [7, 11) is 3.29. The summed E-state index contributed by atoms with van der Waals surface area (Å²) in [6.07, 6.45) is 1.82. The smallest absolute Gasteiger partial charge is 0.195 e. The lowest BCUT2D eigenvalue weighted by Gasteiger charge is -2.10. The highest BCUT2D eigenvalue weighted by Gasteiger charge is 2.10. The Hall–Kier alpha value is -0.620. The van der Waals surface area contributed by atoms with Crippen LogP contribution in [0.1, 0.15) is 24.5 Å². The van der Waals surface area contributed by atoms with Crippen molar-refractivity contribution in [1.82, 2.24) is 9.55 Å². The summed E-state index contributed by atoms with van der Waals surface area (Å²) in [6.45, 7) is 3.56. The minimum absolute atomic E-state index is 0.0261. The van der Waals surface area contributed by atoms with E-state index in [1.165, 1.54) is 17.7 Å². The van der Waals surface area contributed by atoms with Gasteiger partial charge in [-0.2, -0.15) is 0 Å². The molecule has 0 amide bonds. The van der Waals surface area contributed by atoms with E-state index in [2.05, 4.69) is 22.0 Å². The quantitative estimate of drug-likeness (QED) is 0.473. The second kappa shape index (κ2) is 5.46. The maximum absolute atomic E-state index is 11.2. The molecule has 0 aliphatic heterocycles. The number of hydrogen-bond acceptors (Lipinski definition) is 5. The van der Waals surface area contributed by atoms with Gasteiger partial charge in [0.05, 0.1) is 0 Å². The Balaban J connectivity index is 2.71. The molecule has 0 radical (unpaired) electrons. The number of nitrogens with one attached hydrogen (secondary N) is 1. The first-order valence-corrected chi connectivity index (χ1v) is 6.65. The zero-order valence-corrected chi connectivity index (χ0v) is 10.7. The van der Waals surface area contributed by atoms with Crippen molar-refractivity contribution < 1.29 is 4.79 Å². The fourth-order valence-corrected chi connectivity index (χ4v) is 2.25. The Labute approximate surface area is 98.6 Å². The summed E-state index contributed by atoms with van der Waals surface area (Å²) in [4.78, 5) is 15.4. The Morgan fingerprint density at radius 2 is 2.47 bits per heavy atom. The van der Waals surface area contributed by atoms with Gasteiger partial charge in [0, 0.05) is 32.0 Å². The van der Waals surface area contributed by atoms with Crippen molar-refractivity contribution in [2.75, 3.05) is 11.1 Å². The Morgan fingerprint density at radius 1 is 1.80 bits per heavy atom. The third-order valence-corrected chi connectivity index (χ3v) is 3.01. The lowest BCUT2D eigenvalue weighted by molar-refractivity contribution is 0.100. The van der Waals surface area contributed by atoms with Gasteiger partial charge in [-0.05, 0) is 6.92 Å². The van der Waals surface area contributed by atoms with Crippen molar-refractivity contribution in [3.63, 3.8) is 0 Å². The molecule has 0 fully saturated rings. The number of rotatable bonds is 5. The van der Waals surface area contributed by atoms with Crippen LogP contribution in [0.25, 0.3) is 0 Å². The van der Waals surface area contributed by atoms with Crippen molar-refractivity contribution in [1.29, 1.82) is 0 Å². The molecule has 1 N–H and O–H groups in total. The van der Waals surface area contributed by atoms with E-state index < -0.39 is 0 Å². The molecule has 0 saturated heterocycles. The van der Waals surface area contributed by atoms with E-state index in [9.17, 15) is 4.79 Å². The number of anilines is 1. The molecule has 1 aromatic rings. The predicted molar refractivity (Wildman–Crippen MR) is 67.7 cm³/mol. The molecule has 84 valence electrons. The average Bonchev–Trinajstić information content (AvgIpc) is 2.47. The van der Waals surface area contributed by atoms with Crippen LogP contribution in [0.15, 0.2) is 6.20 Å². The number of hydrogen-bond donors (Lipinski definition) is 2. The highest BCUT2D eigenvalue weighted by molar-refractivity contribution is 8.68. The first-order valence-electron chi connectivity index (χ1n) is 4.61. The van der Waals surface area contributed by atoms with Gasteiger partial charge in [-0.1, -0.05) is 10.8 Å².